The summed E-state index contributed by atoms with van der Waals surface area (Å²) in [7, 11) is 0. The van der Waals surface area contributed by atoms with E-state index in [9.17, 15) is 10.1 Å². The molecule has 0 N–H and O–H groups in total. The van der Waals surface area contributed by atoms with Crippen molar-refractivity contribution in [2.24, 2.45) is 0 Å². The predicted octanol–water partition coefficient (Wildman–Crippen LogP) is 4.93. The standard InChI is InChI=1S/C22H20N2O4/c25-24(26)19-11-13-20(14-12-19)27-16-21-15-22(17-7-3-1-4-8-17)23(28-21)18-9-5-2-6-10-18/h1-14,21-22H,15-16H2/t21-,22-/m1/s1. The molecule has 0 spiro atoms. The van der Waals surface area contributed by atoms with E-state index in [0.717, 1.165) is 12.1 Å². The van der Waals surface area contributed by atoms with E-state index >= 15 is 0 Å². The first-order valence-corrected chi connectivity index (χ1v) is 9.14. The van der Waals surface area contributed by atoms with E-state index in [1.807, 2.05) is 53.6 Å². The molecule has 1 heterocycles. The van der Waals surface area contributed by atoms with Gasteiger partial charge in [-0.25, -0.2) is 5.06 Å². The van der Waals surface area contributed by atoms with Crippen LogP contribution in [0.3, 0.4) is 0 Å². The Hall–Kier alpha value is -3.38. The van der Waals surface area contributed by atoms with Crippen LogP contribution < -0.4 is 9.80 Å². The van der Waals surface area contributed by atoms with Crippen LogP contribution in [0.1, 0.15) is 18.0 Å². The van der Waals surface area contributed by atoms with Gasteiger partial charge in [0.2, 0.25) is 0 Å². The Morgan fingerprint density at radius 3 is 2.25 bits per heavy atom. The second-order valence-electron chi connectivity index (χ2n) is 6.61. The smallest absolute Gasteiger partial charge is 0.269 e. The van der Waals surface area contributed by atoms with Gasteiger partial charge >= 0.3 is 0 Å². The van der Waals surface area contributed by atoms with E-state index in [1.54, 1.807) is 12.1 Å². The number of anilines is 1. The van der Waals surface area contributed by atoms with Crippen LogP contribution in [-0.4, -0.2) is 17.6 Å². The van der Waals surface area contributed by atoms with Crippen LogP contribution in [0.25, 0.3) is 0 Å². The number of ether oxygens (including phenoxy) is 1. The van der Waals surface area contributed by atoms with Gasteiger partial charge in [0, 0.05) is 18.6 Å². The van der Waals surface area contributed by atoms with Gasteiger partial charge in [-0.3, -0.25) is 15.0 Å². The van der Waals surface area contributed by atoms with Gasteiger partial charge in [0.05, 0.1) is 16.7 Å². The number of hydrogen-bond acceptors (Lipinski definition) is 5. The molecule has 3 aromatic rings. The Morgan fingerprint density at radius 1 is 0.964 bits per heavy atom. The molecule has 6 nitrogen and oxygen atoms in total. The van der Waals surface area contributed by atoms with Crippen molar-refractivity contribution in [3.05, 3.63) is 101 Å². The average molecular weight is 376 g/mol. The van der Waals surface area contributed by atoms with Gasteiger partial charge < -0.3 is 4.74 Å². The number of nitrogens with zero attached hydrogens (tertiary/aromatic N) is 2. The van der Waals surface area contributed by atoms with E-state index < -0.39 is 4.92 Å². The molecule has 0 aliphatic carbocycles. The molecule has 2 atom stereocenters. The van der Waals surface area contributed by atoms with Crippen LogP contribution in [0.15, 0.2) is 84.9 Å². The molecule has 6 heteroatoms. The number of para-hydroxylation sites is 1. The van der Waals surface area contributed by atoms with Gasteiger partial charge in [-0.15, -0.1) is 0 Å². The number of nitro groups is 1. The van der Waals surface area contributed by atoms with E-state index in [0.29, 0.717) is 12.4 Å². The highest BCUT2D eigenvalue weighted by Crippen LogP contribution is 2.38. The van der Waals surface area contributed by atoms with Crippen LogP contribution in [-0.2, 0) is 4.84 Å². The van der Waals surface area contributed by atoms with Crippen molar-refractivity contribution < 1.29 is 14.5 Å². The molecule has 142 valence electrons. The third-order valence-electron chi connectivity index (χ3n) is 4.71. The van der Waals surface area contributed by atoms with E-state index in [-0.39, 0.29) is 17.8 Å². The van der Waals surface area contributed by atoms with E-state index in [2.05, 4.69) is 12.1 Å². The highest BCUT2D eigenvalue weighted by molar-refractivity contribution is 5.47. The van der Waals surface area contributed by atoms with Crippen molar-refractivity contribution in [2.45, 2.75) is 18.6 Å². The quantitative estimate of drug-likeness (QED) is 0.451. The molecule has 3 aromatic carbocycles. The zero-order valence-electron chi connectivity index (χ0n) is 15.2. The maximum absolute atomic E-state index is 10.8. The fourth-order valence-electron chi connectivity index (χ4n) is 3.34. The molecule has 0 saturated carbocycles. The molecule has 1 aliphatic rings. The molecular weight excluding hydrogens is 356 g/mol. The zero-order chi connectivity index (χ0) is 19.3. The van der Waals surface area contributed by atoms with Gasteiger partial charge in [0.25, 0.3) is 5.69 Å². The number of hydrogen-bond donors (Lipinski definition) is 0. The summed E-state index contributed by atoms with van der Waals surface area (Å²) in [4.78, 5) is 16.5. The Morgan fingerprint density at radius 2 is 1.61 bits per heavy atom. The monoisotopic (exact) mass is 376 g/mol. The fourth-order valence-corrected chi connectivity index (χ4v) is 3.34. The van der Waals surface area contributed by atoms with E-state index in [1.165, 1.54) is 17.7 Å². The Bertz CT molecular complexity index is 869. The molecule has 0 bridgehead atoms. The summed E-state index contributed by atoms with van der Waals surface area (Å²) in [5, 5.41) is 12.7. The minimum atomic E-state index is -0.425. The first kappa shape index (κ1) is 18.0. The summed E-state index contributed by atoms with van der Waals surface area (Å²) in [6.07, 6.45) is 0.659. The van der Waals surface area contributed by atoms with Crippen LogP contribution in [0.4, 0.5) is 11.4 Å². The highest BCUT2D eigenvalue weighted by atomic mass is 16.7. The zero-order valence-corrected chi connectivity index (χ0v) is 15.2. The van der Waals surface area contributed by atoms with Gasteiger partial charge in [-0.2, -0.15) is 0 Å². The summed E-state index contributed by atoms with van der Waals surface area (Å²) in [5.74, 6) is 0.587. The molecule has 0 aromatic heterocycles. The average Bonchev–Trinajstić information content (AvgIpc) is 3.18. The van der Waals surface area contributed by atoms with Crippen molar-refractivity contribution in [2.75, 3.05) is 11.7 Å². The largest absolute Gasteiger partial charge is 0.491 e. The van der Waals surface area contributed by atoms with Crippen molar-refractivity contribution in [1.82, 2.24) is 0 Å². The molecule has 4 rings (SSSR count). The van der Waals surface area contributed by atoms with Crippen molar-refractivity contribution in [1.29, 1.82) is 0 Å². The van der Waals surface area contributed by atoms with Crippen LogP contribution in [0.2, 0.25) is 0 Å². The van der Waals surface area contributed by atoms with Gasteiger partial charge in [0.1, 0.15) is 18.5 Å². The van der Waals surface area contributed by atoms with E-state index in [4.69, 9.17) is 9.57 Å². The van der Waals surface area contributed by atoms with Crippen molar-refractivity contribution in [3.8, 4) is 5.75 Å². The van der Waals surface area contributed by atoms with Gasteiger partial charge in [-0.05, 0) is 29.8 Å². The van der Waals surface area contributed by atoms with Gasteiger partial charge in [0.15, 0.2) is 0 Å². The lowest BCUT2D eigenvalue weighted by atomic mass is 10.0. The number of rotatable bonds is 6. The maximum atomic E-state index is 10.8. The lowest BCUT2D eigenvalue weighted by Gasteiger charge is -2.25. The molecule has 28 heavy (non-hydrogen) atoms. The Balaban J connectivity index is 1.47. The molecule has 1 aliphatic heterocycles. The lowest BCUT2D eigenvalue weighted by Crippen LogP contribution is -2.23. The van der Waals surface area contributed by atoms with Gasteiger partial charge in [-0.1, -0.05) is 48.5 Å². The summed E-state index contributed by atoms with van der Waals surface area (Å²) in [6.45, 7) is 0.366. The number of non-ortho nitro benzene ring substituents is 1. The first-order chi connectivity index (χ1) is 13.7. The normalized spacial score (nSPS) is 18.8. The Labute approximate surface area is 163 Å². The number of benzene rings is 3. The molecule has 0 radical (unpaired) electrons. The third-order valence-corrected chi connectivity index (χ3v) is 4.71. The minimum absolute atomic E-state index is 0.0452. The molecule has 1 fully saturated rings. The fraction of sp³-hybridized carbons (Fsp3) is 0.182. The summed E-state index contributed by atoms with van der Waals surface area (Å²) in [6, 6.07) is 26.4. The molecular formula is C22H20N2O4. The third kappa shape index (κ3) is 3.97. The molecule has 1 saturated heterocycles. The second-order valence-corrected chi connectivity index (χ2v) is 6.61. The summed E-state index contributed by atoms with van der Waals surface area (Å²) >= 11 is 0. The first-order valence-electron chi connectivity index (χ1n) is 9.14. The predicted molar refractivity (Wildman–Crippen MR) is 106 cm³/mol. The molecule has 0 amide bonds. The van der Waals surface area contributed by atoms with Crippen LogP contribution in [0.5, 0.6) is 5.75 Å². The number of nitro benzene ring substituents is 1. The van der Waals surface area contributed by atoms with Crippen LogP contribution in [0, 0.1) is 10.1 Å². The Kier molecular flexibility index (Phi) is 5.21. The topological polar surface area (TPSA) is 64.8 Å². The number of hydroxylamine groups is 1. The molecule has 0 unspecified atom stereocenters. The van der Waals surface area contributed by atoms with Crippen molar-refractivity contribution >= 4 is 11.4 Å². The SMILES string of the molecule is O=[N+]([O-])c1ccc(OC[C@H]2C[C@H](c3ccccc3)N(c3ccccc3)O2)cc1. The lowest BCUT2D eigenvalue weighted by molar-refractivity contribution is -0.384. The van der Waals surface area contributed by atoms with Crippen LogP contribution >= 0.6 is 0 Å². The minimum Gasteiger partial charge on any atom is -0.491 e. The summed E-state index contributed by atoms with van der Waals surface area (Å²) in [5.41, 5.74) is 2.22. The second kappa shape index (κ2) is 8.10. The van der Waals surface area contributed by atoms with Crippen molar-refractivity contribution in [3.63, 3.8) is 0 Å². The highest BCUT2D eigenvalue weighted by Gasteiger charge is 2.35. The summed E-state index contributed by atoms with van der Waals surface area (Å²) < 4.78 is 5.82. The maximum Gasteiger partial charge on any atom is 0.269 e.